The third kappa shape index (κ3) is 3.16. The zero-order valence-electron chi connectivity index (χ0n) is 11.0. The lowest BCUT2D eigenvalue weighted by molar-refractivity contribution is 0.0700. The molecule has 0 unspecified atom stereocenters. The van der Waals surface area contributed by atoms with Crippen LogP contribution in [0.25, 0.3) is 10.1 Å². The Labute approximate surface area is 120 Å². The number of aliphatic hydroxyl groups excluding tert-OH is 2. The van der Waals surface area contributed by atoms with Crippen LogP contribution < -0.4 is 0 Å². The lowest BCUT2D eigenvalue weighted by Gasteiger charge is -2.20. The molecule has 108 valence electrons. The SMILES string of the molecule is O=C(O)c1sc2ccccc2c1CN(CCO)CCO. The molecule has 1 heterocycles. The molecule has 1 aromatic heterocycles. The number of thiophene rings is 1. The van der Waals surface area contributed by atoms with Gasteiger partial charge in [0, 0.05) is 24.3 Å². The highest BCUT2D eigenvalue weighted by Gasteiger charge is 2.19. The highest BCUT2D eigenvalue weighted by molar-refractivity contribution is 7.21. The van der Waals surface area contributed by atoms with Crippen molar-refractivity contribution in [3.8, 4) is 0 Å². The summed E-state index contributed by atoms with van der Waals surface area (Å²) in [6.45, 7) is 1.18. The first-order valence-corrected chi connectivity index (χ1v) is 7.16. The van der Waals surface area contributed by atoms with Crippen LogP contribution in [-0.2, 0) is 6.54 Å². The molecule has 0 aliphatic heterocycles. The quantitative estimate of drug-likeness (QED) is 0.719. The van der Waals surface area contributed by atoms with E-state index in [4.69, 9.17) is 10.2 Å². The first kappa shape index (κ1) is 14.9. The molecule has 0 spiro atoms. The molecule has 0 atom stereocenters. The molecule has 0 aliphatic rings. The number of fused-ring (bicyclic) bond motifs is 1. The van der Waals surface area contributed by atoms with E-state index in [0.717, 1.165) is 15.6 Å². The molecule has 0 aliphatic carbocycles. The van der Waals surface area contributed by atoms with Crippen LogP contribution >= 0.6 is 11.3 Å². The van der Waals surface area contributed by atoms with E-state index < -0.39 is 5.97 Å². The maximum atomic E-state index is 11.4. The lowest BCUT2D eigenvalue weighted by atomic mass is 10.1. The van der Waals surface area contributed by atoms with Crippen LogP contribution in [0.5, 0.6) is 0 Å². The van der Waals surface area contributed by atoms with Crippen molar-refractivity contribution >= 4 is 27.4 Å². The van der Waals surface area contributed by atoms with Crippen molar-refractivity contribution in [2.24, 2.45) is 0 Å². The standard InChI is InChI=1S/C14H17NO4S/c16-7-5-15(6-8-17)9-11-10-3-1-2-4-12(10)20-13(11)14(18)19/h1-4,16-17H,5-9H2,(H,18,19). The number of carbonyl (C=O) groups is 1. The van der Waals surface area contributed by atoms with Gasteiger partial charge in [0.1, 0.15) is 4.88 Å². The summed E-state index contributed by atoms with van der Waals surface area (Å²) in [6.07, 6.45) is 0. The second kappa shape index (κ2) is 6.81. The van der Waals surface area contributed by atoms with Crippen molar-refractivity contribution in [1.29, 1.82) is 0 Å². The first-order valence-electron chi connectivity index (χ1n) is 6.35. The number of carboxylic acid groups (broad SMARTS) is 1. The van der Waals surface area contributed by atoms with Gasteiger partial charge in [0.15, 0.2) is 0 Å². The number of carboxylic acids is 1. The zero-order chi connectivity index (χ0) is 14.5. The van der Waals surface area contributed by atoms with E-state index in [1.165, 1.54) is 11.3 Å². The van der Waals surface area contributed by atoms with Crippen LogP contribution in [0.2, 0.25) is 0 Å². The van der Waals surface area contributed by atoms with Crippen LogP contribution in [0, 0.1) is 0 Å². The minimum atomic E-state index is -0.936. The van der Waals surface area contributed by atoms with E-state index in [1.807, 2.05) is 29.2 Å². The van der Waals surface area contributed by atoms with Gasteiger partial charge >= 0.3 is 5.97 Å². The zero-order valence-corrected chi connectivity index (χ0v) is 11.8. The van der Waals surface area contributed by atoms with E-state index in [9.17, 15) is 9.90 Å². The molecule has 1 aromatic carbocycles. The fourth-order valence-electron chi connectivity index (χ4n) is 2.20. The molecule has 6 heteroatoms. The lowest BCUT2D eigenvalue weighted by Crippen LogP contribution is -2.29. The number of hydrogen-bond acceptors (Lipinski definition) is 5. The number of benzene rings is 1. The number of nitrogens with zero attached hydrogens (tertiary/aromatic N) is 1. The number of aliphatic hydroxyl groups is 2. The molecule has 0 radical (unpaired) electrons. The second-order valence-electron chi connectivity index (χ2n) is 4.43. The van der Waals surface area contributed by atoms with E-state index in [0.29, 0.717) is 24.5 Å². The summed E-state index contributed by atoms with van der Waals surface area (Å²) in [5.74, 6) is -0.936. The first-order chi connectivity index (χ1) is 9.67. The molecular weight excluding hydrogens is 278 g/mol. The minimum absolute atomic E-state index is 0.0233. The normalized spacial score (nSPS) is 11.3. The maximum Gasteiger partial charge on any atom is 0.346 e. The van der Waals surface area contributed by atoms with Crippen molar-refractivity contribution in [2.75, 3.05) is 26.3 Å². The second-order valence-corrected chi connectivity index (χ2v) is 5.49. The summed E-state index contributed by atoms with van der Waals surface area (Å²) in [4.78, 5) is 13.6. The highest BCUT2D eigenvalue weighted by Crippen LogP contribution is 2.32. The van der Waals surface area contributed by atoms with Crippen molar-refractivity contribution < 1.29 is 20.1 Å². The molecule has 2 rings (SSSR count). The predicted octanol–water partition coefficient (Wildman–Crippen LogP) is 1.39. The van der Waals surface area contributed by atoms with Gasteiger partial charge in [-0.1, -0.05) is 18.2 Å². The van der Waals surface area contributed by atoms with Crippen LogP contribution in [0.1, 0.15) is 15.2 Å². The minimum Gasteiger partial charge on any atom is -0.477 e. The molecule has 5 nitrogen and oxygen atoms in total. The van der Waals surface area contributed by atoms with Gasteiger partial charge in [0.2, 0.25) is 0 Å². The number of aromatic carboxylic acids is 1. The van der Waals surface area contributed by atoms with Gasteiger partial charge in [-0.3, -0.25) is 4.90 Å². The van der Waals surface area contributed by atoms with E-state index in [-0.39, 0.29) is 13.2 Å². The molecule has 3 N–H and O–H groups in total. The van der Waals surface area contributed by atoms with Gasteiger partial charge in [-0.15, -0.1) is 11.3 Å². The molecule has 0 bridgehead atoms. The smallest absolute Gasteiger partial charge is 0.346 e. The van der Waals surface area contributed by atoms with Crippen LogP contribution in [0.4, 0.5) is 0 Å². The molecule has 0 amide bonds. The van der Waals surface area contributed by atoms with Gasteiger partial charge < -0.3 is 15.3 Å². The summed E-state index contributed by atoms with van der Waals surface area (Å²) in [5, 5.41) is 28.4. The molecule has 2 aromatic rings. The van der Waals surface area contributed by atoms with Crippen molar-refractivity contribution in [1.82, 2.24) is 4.90 Å². The summed E-state index contributed by atoms with van der Waals surface area (Å²) in [5.41, 5.74) is 0.750. The fraction of sp³-hybridized carbons (Fsp3) is 0.357. The largest absolute Gasteiger partial charge is 0.477 e. The Morgan fingerprint density at radius 2 is 1.80 bits per heavy atom. The van der Waals surface area contributed by atoms with Gasteiger partial charge in [-0.25, -0.2) is 4.79 Å². The Bertz CT molecular complexity index is 590. The summed E-state index contributed by atoms with van der Waals surface area (Å²) < 4.78 is 0.938. The van der Waals surface area contributed by atoms with E-state index >= 15 is 0 Å². The topological polar surface area (TPSA) is 81.0 Å². The molecule has 20 heavy (non-hydrogen) atoms. The van der Waals surface area contributed by atoms with Crippen molar-refractivity contribution in [2.45, 2.75) is 6.54 Å². The third-order valence-corrected chi connectivity index (χ3v) is 4.31. The Balaban J connectivity index is 2.39. The van der Waals surface area contributed by atoms with Gasteiger partial charge in [-0.05, 0) is 17.0 Å². The third-order valence-electron chi connectivity index (χ3n) is 3.11. The fourth-order valence-corrected chi connectivity index (χ4v) is 3.26. The summed E-state index contributed by atoms with van der Waals surface area (Å²) in [7, 11) is 0. The van der Waals surface area contributed by atoms with Gasteiger partial charge in [-0.2, -0.15) is 0 Å². The van der Waals surface area contributed by atoms with Crippen LogP contribution in [0.3, 0.4) is 0 Å². The van der Waals surface area contributed by atoms with Gasteiger partial charge in [0.05, 0.1) is 13.2 Å². The predicted molar refractivity (Wildman–Crippen MR) is 78.2 cm³/mol. The summed E-state index contributed by atoms with van der Waals surface area (Å²) >= 11 is 1.26. The summed E-state index contributed by atoms with van der Waals surface area (Å²) in [6, 6.07) is 7.57. The average molecular weight is 295 g/mol. The van der Waals surface area contributed by atoms with Crippen LogP contribution in [-0.4, -0.2) is 52.5 Å². The Morgan fingerprint density at radius 3 is 2.40 bits per heavy atom. The molecule has 0 fully saturated rings. The Hall–Kier alpha value is -1.47. The Morgan fingerprint density at radius 1 is 1.15 bits per heavy atom. The highest BCUT2D eigenvalue weighted by atomic mass is 32.1. The van der Waals surface area contributed by atoms with E-state index in [2.05, 4.69) is 0 Å². The number of rotatable bonds is 7. The van der Waals surface area contributed by atoms with Crippen molar-refractivity contribution in [3.63, 3.8) is 0 Å². The molecular formula is C14H17NO4S. The Kier molecular flexibility index (Phi) is 5.08. The van der Waals surface area contributed by atoms with Gasteiger partial charge in [0.25, 0.3) is 0 Å². The average Bonchev–Trinajstić information content (AvgIpc) is 2.79. The molecule has 0 saturated heterocycles. The number of hydrogen-bond donors (Lipinski definition) is 3. The van der Waals surface area contributed by atoms with Crippen LogP contribution in [0.15, 0.2) is 24.3 Å². The maximum absolute atomic E-state index is 11.4. The van der Waals surface area contributed by atoms with E-state index in [1.54, 1.807) is 0 Å². The van der Waals surface area contributed by atoms with Crippen molar-refractivity contribution in [3.05, 3.63) is 34.7 Å². The molecule has 0 saturated carbocycles. The monoisotopic (exact) mass is 295 g/mol.